The van der Waals surface area contributed by atoms with Crippen LogP contribution in [0.1, 0.15) is 27.2 Å². The van der Waals surface area contributed by atoms with Crippen LogP contribution in [-0.2, 0) is 14.3 Å². The molecule has 0 aromatic rings. The van der Waals surface area contributed by atoms with Crippen molar-refractivity contribution in [3.63, 3.8) is 0 Å². The monoisotopic (exact) mass is 189 g/mol. The Morgan fingerprint density at radius 1 is 1.31 bits per heavy atom. The number of nitrogens with two attached hydrogens (primary N) is 1. The van der Waals surface area contributed by atoms with Crippen molar-refractivity contribution in [3.05, 3.63) is 0 Å². The molecule has 0 saturated heterocycles. The number of carbonyl (C=O) groups is 1. The maximum Gasteiger partial charge on any atom is 0.246 e. The van der Waals surface area contributed by atoms with Gasteiger partial charge in [0.05, 0.1) is 19.3 Å². The van der Waals surface area contributed by atoms with Gasteiger partial charge in [0.2, 0.25) is 5.91 Å². The number of hydrogen-bond acceptors (Lipinski definition) is 3. The van der Waals surface area contributed by atoms with Gasteiger partial charge in [-0.1, -0.05) is 6.92 Å². The van der Waals surface area contributed by atoms with Gasteiger partial charge in [0.1, 0.15) is 6.10 Å². The summed E-state index contributed by atoms with van der Waals surface area (Å²) in [5.74, 6) is -0.410. The second kappa shape index (κ2) is 6.86. The fourth-order valence-electron chi connectivity index (χ4n) is 0.875. The Balaban J connectivity index is 3.44. The Hall–Kier alpha value is -0.610. The molecule has 0 aliphatic rings. The number of carbonyl (C=O) groups excluding carboxylic acids is 1. The second-order valence-electron chi connectivity index (χ2n) is 3.09. The Labute approximate surface area is 79.4 Å². The van der Waals surface area contributed by atoms with Gasteiger partial charge in [-0.25, -0.2) is 0 Å². The second-order valence-corrected chi connectivity index (χ2v) is 3.09. The van der Waals surface area contributed by atoms with Gasteiger partial charge in [-0.2, -0.15) is 0 Å². The number of ether oxygens (including phenoxy) is 2. The lowest BCUT2D eigenvalue weighted by Gasteiger charge is -2.13. The molecule has 0 spiro atoms. The van der Waals surface area contributed by atoms with Crippen LogP contribution in [0, 0.1) is 0 Å². The van der Waals surface area contributed by atoms with Gasteiger partial charge >= 0.3 is 0 Å². The van der Waals surface area contributed by atoms with E-state index in [1.807, 2.05) is 20.8 Å². The molecule has 0 rings (SSSR count). The SMILES string of the molecule is CCC(OCCOC(C)C)C(N)=O. The summed E-state index contributed by atoms with van der Waals surface area (Å²) in [6.07, 6.45) is 0.324. The Kier molecular flexibility index (Phi) is 6.54. The van der Waals surface area contributed by atoms with Crippen molar-refractivity contribution < 1.29 is 14.3 Å². The van der Waals surface area contributed by atoms with Crippen LogP contribution in [-0.4, -0.2) is 31.3 Å². The summed E-state index contributed by atoms with van der Waals surface area (Å²) in [6.45, 7) is 6.68. The topological polar surface area (TPSA) is 61.6 Å². The average Bonchev–Trinajstić information content (AvgIpc) is 2.03. The third kappa shape index (κ3) is 6.54. The summed E-state index contributed by atoms with van der Waals surface area (Å²) in [5.41, 5.74) is 5.08. The average molecular weight is 189 g/mol. The molecule has 2 N–H and O–H groups in total. The first-order valence-electron chi connectivity index (χ1n) is 4.60. The zero-order valence-electron chi connectivity index (χ0n) is 8.58. The van der Waals surface area contributed by atoms with Crippen LogP contribution in [0.2, 0.25) is 0 Å². The predicted molar refractivity (Wildman–Crippen MR) is 50.3 cm³/mol. The maximum absolute atomic E-state index is 10.7. The van der Waals surface area contributed by atoms with E-state index < -0.39 is 12.0 Å². The summed E-state index contributed by atoms with van der Waals surface area (Å²) in [7, 11) is 0. The number of hydrogen-bond donors (Lipinski definition) is 1. The fourth-order valence-corrected chi connectivity index (χ4v) is 0.875. The third-order valence-electron chi connectivity index (χ3n) is 1.54. The highest BCUT2D eigenvalue weighted by Crippen LogP contribution is 1.97. The summed E-state index contributed by atoms with van der Waals surface area (Å²) in [6, 6.07) is 0. The molecule has 0 aliphatic heterocycles. The number of amides is 1. The summed E-state index contributed by atoms with van der Waals surface area (Å²) in [5, 5.41) is 0. The van der Waals surface area contributed by atoms with Crippen molar-refractivity contribution in [2.75, 3.05) is 13.2 Å². The van der Waals surface area contributed by atoms with Crippen molar-refractivity contribution in [2.24, 2.45) is 5.73 Å². The molecule has 1 amide bonds. The quantitative estimate of drug-likeness (QED) is 0.599. The molecule has 4 heteroatoms. The van der Waals surface area contributed by atoms with Crippen molar-refractivity contribution in [2.45, 2.75) is 39.4 Å². The van der Waals surface area contributed by atoms with Gasteiger partial charge in [0, 0.05) is 0 Å². The molecule has 0 heterocycles. The Bertz CT molecular complexity index is 148. The van der Waals surface area contributed by atoms with Crippen LogP contribution in [0.15, 0.2) is 0 Å². The predicted octanol–water partition coefficient (Wildman–Crippen LogP) is 0.692. The lowest BCUT2D eigenvalue weighted by atomic mass is 10.3. The minimum Gasteiger partial charge on any atom is -0.376 e. The van der Waals surface area contributed by atoms with Crippen LogP contribution in [0.4, 0.5) is 0 Å². The highest BCUT2D eigenvalue weighted by atomic mass is 16.5. The summed E-state index contributed by atoms with van der Waals surface area (Å²) < 4.78 is 10.4. The fraction of sp³-hybridized carbons (Fsp3) is 0.889. The van der Waals surface area contributed by atoms with E-state index in [0.29, 0.717) is 19.6 Å². The van der Waals surface area contributed by atoms with E-state index in [-0.39, 0.29) is 6.10 Å². The Morgan fingerprint density at radius 3 is 2.23 bits per heavy atom. The lowest BCUT2D eigenvalue weighted by molar-refractivity contribution is -0.131. The lowest BCUT2D eigenvalue weighted by Crippen LogP contribution is -2.31. The van der Waals surface area contributed by atoms with E-state index >= 15 is 0 Å². The van der Waals surface area contributed by atoms with E-state index in [1.165, 1.54) is 0 Å². The van der Waals surface area contributed by atoms with Crippen molar-refractivity contribution in [3.8, 4) is 0 Å². The molecule has 13 heavy (non-hydrogen) atoms. The molecule has 78 valence electrons. The minimum atomic E-state index is -0.476. The van der Waals surface area contributed by atoms with Crippen molar-refractivity contribution in [1.82, 2.24) is 0 Å². The zero-order chi connectivity index (χ0) is 10.3. The molecule has 0 aromatic heterocycles. The zero-order valence-corrected chi connectivity index (χ0v) is 8.58. The molecule has 1 atom stereocenters. The smallest absolute Gasteiger partial charge is 0.246 e. The number of primary amides is 1. The first-order valence-corrected chi connectivity index (χ1v) is 4.60. The van der Waals surface area contributed by atoms with Crippen LogP contribution in [0.25, 0.3) is 0 Å². The molecule has 0 bridgehead atoms. The van der Waals surface area contributed by atoms with Gasteiger partial charge in [0.15, 0.2) is 0 Å². The third-order valence-corrected chi connectivity index (χ3v) is 1.54. The van der Waals surface area contributed by atoms with E-state index in [4.69, 9.17) is 15.2 Å². The van der Waals surface area contributed by atoms with E-state index in [1.54, 1.807) is 0 Å². The highest BCUT2D eigenvalue weighted by molar-refractivity contribution is 5.78. The van der Waals surface area contributed by atoms with Gasteiger partial charge in [0.25, 0.3) is 0 Å². The van der Waals surface area contributed by atoms with Gasteiger partial charge in [-0.15, -0.1) is 0 Å². The first-order chi connectivity index (χ1) is 6.07. The standard InChI is InChI=1S/C9H19NO3/c1-4-8(9(10)11)13-6-5-12-7(2)3/h7-8H,4-6H2,1-3H3,(H2,10,11). The molecule has 0 saturated carbocycles. The number of rotatable bonds is 7. The largest absolute Gasteiger partial charge is 0.376 e. The minimum absolute atomic E-state index is 0.192. The first kappa shape index (κ1) is 12.4. The molecule has 0 aromatic carbocycles. The van der Waals surface area contributed by atoms with Gasteiger partial charge in [-0.05, 0) is 20.3 Å². The van der Waals surface area contributed by atoms with Gasteiger partial charge in [-0.3, -0.25) is 4.79 Å². The molecular weight excluding hydrogens is 170 g/mol. The summed E-state index contributed by atoms with van der Waals surface area (Å²) in [4.78, 5) is 10.7. The molecular formula is C9H19NO3. The van der Waals surface area contributed by atoms with Crippen LogP contribution < -0.4 is 5.73 Å². The van der Waals surface area contributed by atoms with Crippen molar-refractivity contribution >= 4 is 5.91 Å². The molecule has 0 radical (unpaired) electrons. The van der Waals surface area contributed by atoms with Crippen LogP contribution in [0.3, 0.4) is 0 Å². The highest BCUT2D eigenvalue weighted by Gasteiger charge is 2.12. The van der Waals surface area contributed by atoms with Crippen LogP contribution >= 0.6 is 0 Å². The van der Waals surface area contributed by atoms with Crippen LogP contribution in [0.5, 0.6) is 0 Å². The molecule has 0 fully saturated rings. The van der Waals surface area contributed by atoms with Gasteiger partial charge < -0.3 is 15.2 Å². The molecule has 0 aliphatic carbocycles. The van der Waals surface area contributed by atoms with Crippen molar-refractivity contribution in [1.29, 1.82) is 0 Å². The normalized spacial score (nSPS) is 13.2. The maximum atomic E-state index is 10.7. The van der Waals surface area contributed by atoms with E-state index in [0.717, 1.165) is 0 Å². The molecule has 1 unspecified atom stereocenters. The summed E-state index contributed by atoms with van der Waals surface area (Å²) >= 11 is 0. The molecule has 4 nitrogen and oxygen atoms in total. The van der Waals surface area contributed by atoms with E-state index in [2.05, 4.69) is 0 Å². The van der Waals surface area contributed by atoms with E-state index in [9.17, 15) is 4.79 Å². The Morgan fingerprint density at radius 2 is 1.85 bits per heavy atom.